The maximum atomic E-state index is 13.1. The number of aromatic nitrogens is 1. The zero-order chi connectivity index (χ0) is 14.5. The summed E-state index contributed by atoms with van der Waals surface area (Å²) in [7, 11) is 0. The summed E-state index contributed by atoms with van der Waals surface area (Å²) in [5.41, 5.74) is 2.83. The van der Waals surface area contributed by atoms with E-state index in [1.807, 2.05) is 36.4 Å². The van der Waals surface area contributed by atoms with Gasteiger partial charge in [-0.15, -0.1) is 0 Å². The van der Waals surface area contributed by atoms with Gasteiger partial charge in [0, 0.05) is 12.5 Å². The maximum absolute atomic E-state index is 13.1. The molecule has 0 saturated carbocycles. The van der Waals surface area contributed by atoms with Crippen LogP contribution in [-0.4, -0.2) is 5.16 Å². The van der Waals surface area contributed by atoms with Crippen LogP contribution in [0.3, 0.4) is 0 Å². The molecule has 0 amide bonds. The summed E-state index contributed by atoms with van der Waals surface area (Å²) in [5.74, 6) is 0.502. The fourth-order valence-corrected chi connectivity index (χ4v) is 2.03. The lowest BCUT2D eigenvalue weighted by atomic mass is 10.1. The molecule has 0 fully saturated rings. The van der Waals surface area contributed by atoms with Crippen LogP contribution < -0.4 is 4.74 Å². The normalized spacial score (nSPS) is 10.5. The average molecular weight is 283 g/mol. The van der Waals surface area contributed by atoms with E-state index in [9.17, 15) is 4.39 Å². The highest BCUT2D eigenvalue weighted by Gasteiger charge is 2.01. The van der Waals surface area contributed by atoms with Crippen molar-refractivity contribution in [1.29, 1.82) is 0 Å². The van der Waals surface area contributed by atoms with E-state index in [0.29, 0.717) is 6.61 Å². The number of nitrogens with zero attached hydrogens (tertiary/aromatic N) is 1. The van der Waals surface area contributed by atoms with Gasteiger partial charge in [0.1, 0.15) is 24.4 Å². The van der Waals surface area contributed by atoms with Gasteiger partial charge < -0.3 is 9.26 Å². The van der Waals surface area contributed by atoms with E-state index in [4.69, 9.17) is 9.26 Å². The lowest BCUT2D eigenvalue weighted by molar-refractivity contribution is 0.305. The molecule has 0 radical (unpaired) electrons. The standard InChI is InChI=1S/C17H14FNO2/c18-15-3-1-2-14(10-15)12-20-17-6-4-13(5-7-17)11-16-8-9-21-19-16/h1-10H,11-12H2. The van der Waals surface area contributed by atoms with E-state index in [1.54, 1.807) is 12.3 Å². The van der Waals surface area contributed by atoms with Crippen LogP contribution in [0, 0.1) is 5.82 Å². The highest BCUT2D eigenvalue weighted by molar-refractivity contribution is 5.30. The van der Waals surface area contributed by atoms with Crippen molar-refractivity contribution >= 4 is 0 Å². The molecule has 1 heterocycles. The minimum Gasteiger partial charge on any atom is -0.489 e. The Morgan fingerprint density at radius 3 is 2.57 bits per heavy atom. The van der Waals surface area contributed by atoms with Gasteiger partial charge in [-0.05, 0) is 35.4 Å². The first kappa shape index (κ1) is 13.4. The van der Waals surface area contributed by atoms with Crippen LogP contribution in [0.2, 0.25) is 0 Å². The summed E-state index contributed by atoms with van der Waals surface area (Å²) in [6.45, 7) is 0.348. The first-order valence-corrected chi connectivity index (χ1v) is 6.65. The fourth-order valence-electron chi connectivity index (χ4n) is 2.03. The molecule has 3 rings (SSSR count). The number of hydrogen-bond donors (Lipinski definition) is 0. The van der Waals surface area contributed by atoms with Crippen LogP contribution in [0.1, 0.15) is 16.8 Å². The SMILES string of the molecule is Fc1cccc(COc2ccc(Cc3ccon3)cc2)c1. The van der Waals surface area contributed by atoms with E-state index in [2.05, 4.69) is 5.16 Å². The second kappa shape index (κ2) is 6.22. The van der Waals surface area contributed by atoms with E-state index in [-0.39, 0.29) is 5.82 Å². The van der Waals surface area contributed by atoms with Crippen molar-refractivity contribution in [2.45, 2.75) is 13.0 Å². The minimum absolute atomic E-state index is 0.251. The molecule has 0 atom stereocenters. The molecule has 0 aliphatic rings. The van der Waals surface area contributed by atoms with Gasteiger partial charge in [-0.25, -0.2) is 4.39 Å². The Labute approximate surface area is 122 Å². The maximum Gasteiger partial charge on any atom is 0.124 e. The third-order valence-corrected chi connectivity index (χ3v) is 3.09. The summed E-state index contributed by atoms with van der Waals surface area (Å²) in [5, 5.41) is 3.88. The summed E-state index contributed by atoms with van der Waals surface area (Å²) >= 11 is 0. The zero-order valence-corrected chi connectivity index (χ0v) is 11.3. The monoisotopic (exact) mass is 283 g/mol. The summed E-state index contributed by atoms with van der Waals surface area (Å²) in [4.78, 5) is 0. The number of ether oxygens (including phenoxy) is 1. The van der Waals surface area contributed by atoms with E-state index in [0.717, 1.165) is 29.0 Å². The Kier molecular flexibility index (Phi) is 3.96. The number of benzene rings is 2. The van der Waals surface area contributed by atoms with E-state index in [1.165, 1.54) is 12.1 Å². The lowest BCUT2D eigenvalue weighted by Gasteiger charge is -2.07. The van der Waals surface area contributed by atoms with Crippen LogP contribution >= 0.6 is 0 Å². The third-order valence-electron chi connectivity index (χ3n) is 3.09. The van der Waals surface area contributed by atoms with Gasteiger partial charge in [0.2, 0.25) is 0 Å². The van der Waals surface area contributed by atoms with Crippen molar-refractivity contribution in [2.24, 2.45) is 0 Å². The Morgan fingerprint density at radius 1 is 1.00 bits per heavy atom. The topological polar surface area (TPSA) is 35.3 Å². The molecule has 0 spiro atoms. The number of rotatable bonds is 5. The highest BCUT2D eigenvalue weighted by Crippen LogP contribution is 2.16. The Balaban J connectivity index is 1.59. The van der Waals surface area contributed by atoms with E-state index < -0.39 is 0 Å². The molecule has 0 unspecified atom stereocenters. The van der Waals surface area contributed by atoms with Gasteiger partial charge in [0.25, 0.3) is 0 Å². The molecule has 0 aliphatic carbocycles. The van der Waals surface area contributed by atoms with Crippen LogP contribution in [-0.2, 0) is 13.0 Å². The smallest absolute Gasteiger partial charge is 0.124 e. The molecule has 1 aromatic heterocycles. The second-order valence-electron chi connectivity index (χ2n) is 4.73. The largest absolute Gasteiger partial charge is 0.489 e. The van der Waals surface area contributed by atoms with Gasteiger partial charge in [-0.1, -0.05) is 29.4 Å². The molecular weight excluding hydrogens is 269 g/mol. The number of hydrogen-bond acceptors (Lipinski definition) is 3. The summed E-state index contributed by atoms with van der Waals surface area (Å²) < 4.78 is 23.5. The first-order chi connectivity index (χ1) is 10.3. The Morgan fingerprint density at radius 2 is 1.86 bits per heavy atom. The van der Waals surface area contributed by atoms with Gasteiger partial charge in [0.05, 0.1) is 5.69 Å². The van der Waals surface area contributed by atoms with Crippen molar-refractivity contribution < 1.29 is 13.7 Å². The summed E-state index contributed by atoms with van der Waals surface area (Å²) in [6, 6.07) is 16.0. The van der Waals surface area contributed by atoms with Crippen molar-refractivity contribution in [3.63, 3.8) is 0 Å². The molecule has 3 nitrogen and oxygen atoms in total. The molecule has 0 saturated heterocycles. The van der Waals surface area contributed by atoms with Crippen molar-refractivity contribution in [3.8, 4) is 5.75 Å². The Bertz CT molecular complexity index is 693. The first-order valence-electron chi connectivity index (χ1n) is 6.65. The van der Waals surface area contributed by atoms with Crippen LogP contribution in [0.4, 0.5) is 4.39 Å². The number of halogens is 1. The minimum atomic E-state index is -0.251. The van der Waals surface area contributed by atoms with Gasteiger partial charge in [0.15, 0.2) is 0 Å². The van der Waals surface area contributed by atoms with Crippen molar-refractivity contribution in [3.05, 3.63) is 83.5 Å². The average Bonchev–Trinajstić information content (AvgIpc) is 3.00. The molecule has 0 N–H and O–H groups in total. The van der Waals surface area contributed by atoms with Crippen molar-refractivity contribution in [2.75, 3.05) is 0 Å². The second-order valence-corrected chi connectivity index (χ2v) is 4.73. The van der Waals surface area contributed by atoms with Crippen molar-refractivity contribution in [1.82, 2.24) is 5.16 Å². The highest BCUT2D eigenvalue weighted by atomic mass is 19.1. The third kappa shape index (κ3) is 3.69. The molecule has 0 aliphatic heterocycles. The lowest BCUT2D eigenvalue weighted by Crippen LogP contribution is -1.96. The Hall–Kier alpha value is -2.62. The molecule has 3 aromatic rings. The van der Waals surface area contributed by atoms with Crippen LogP contribution in [0.25, 0.3) is 0 Å². The molecule has 2 aromatic carbocycles. The summed E-state index contributed by atoms with van der Waals surface area (Å²) in [6.07, 6.45) is 2.28. The molecular formula is C17H14FNO2. The molecule has 21 heavy (non-hydrogen) atoms. The van der Waals surface area contributed by atoms with Gasteiger partial charge >= 0.3 is 0 Å². The van der Waals surface area contributed by atoms with Gasteiger partial charge in [-0.3, -0.25) is 0 Å². The molecule has 4 heteroatoms. The van der Waals surface area contributed by atoms with Crippen LogP contribution in [0.5, 0.6) is 5.75 Å². The molecule has 0 bridgehead atoms. The van der Waals surface area contributed by atoms with Gasteiger partial charge in [-0.2, -0.15) is 0 Å². The predicted octanol–water partition coefficient (Wildman–Crippen LogP) is 3.98. The zero-order valence-electron chi connectivity index (χ0n) is 11.3. The fraction of sp³-hybridized carbons (Fsp3) is 0.118. The molecule has 106 valence electrons. The predicted molar refractivity (Wildman–Crippen MR) is 76.5 cm³/mol. The van der Waals surface area contributed by atoms with E-state index >= 15 is 0 Å². The quantitative estimate of drug-likeness (QED) is 0.710. The van der Waals surface area contributed by atoms with Crippen LogP contribution in [0.15, 0.2) is 65.4 Å².